The lowest BCUT2D eigenvalue weighted by Gasteiger charge is -2.39. The molecule has 9 nitrogen and oxygen atoms in total. The molecule has 1 spiro atoms. The number of carboxylic acid groups (broad SMARTS) is 1. The zero-order valence-electron chi connectivity index (χ0n) is 22.0. The average Bonchev–Trinajstić information content (AvgIpc) is 3.49. The molecule has 3 aromatic rings. The number of nitrogens with one attached hydrogen (secondary N) is 1. The van der Waals surface area contributed by atoms with E-state index in [1.54, 1.807) is 45.2 Å². The van der Waals surface area contributed by atoms with Crippen molar-refractivity contribution in [3.05, 3.63) is 59.2 Å². The molecule has 2 N–H and O–H groups in total. The van der Waals surface area contributed by atoms with Gasteiger partial charge in [0.15, 0.2) is 0 Å². The number of anilines is 1. The maximum absolute atomic E-state index is 14.5. The summed E-state index contributed by atoms with van der Waals surface area (Å²) in [5.74, 6) is -0.234. The van der Waals surface area contributed by atoms with Gasteiger partial charge in [0.05, 0.1) is 11.4 Å². The Hall–Kier alpha value is -3.67. The van der Waals surface area contributed by atoms with Crippen LogP contribution in [0.3, 0.4) is 0 Å². The summed E-state index contributed by atoms with van der Waals surface area (Å²) in [4.78, 5) is 22.0. The van der Waals surface area contributed by atoms with Crippen molar-refractivity contribution in [2.75, 3.05) is 24.5 Å². The maximum atomic E-state index is 14.5. The quantitative estimate of drug-likeness (QED) is 0.473. The number of carbonyl (C=O) groups is 1. The summed E-state index contributed by atoms with van der Waals surface area (Å²) in [7, 11) is 0. The summed E-state index contributed by atoms with van der Waals surface area (Å²) in [6.07, 6.45) is -3.31. The highest BCUT2D eigenvalue weighted by Gasteiger charge is 2.46. The van der Waals surface area contributed by atoms with E-state index in [1.807, 2.05) is 4.90 Å². The zero-order chi connectivity index (χ0) is 27.9. The van der Waals surface area contributed by atoms with Crippen molar-refractivity contribution in [2.24, 2.45) is 5.41 Å². The standard InChI is InChI=1S/C27H31F3N6O3/c1-16-4-5-19(21(12-16)36-9-6-17(2)34-36)24(27(28,29)30)39-23-13-22(32-18(3)33-23)35-10-7-26(8-11-35)14-20(25(37)38)31-15-26/h4-6,9,12-13,20,24,31H,7-8,10-11,14-15H2,1-3H3,(H,37,38)/t20-,24+/m0/s1. The number of ether oxygens (including phenoxy) is 1. The van der Waals surface area contributed by atoms with Crippen LogP contribution in [0.2, 0.25) is 0 Å². The fraction of sp³-hybridized carbons (Fsp3) is 0.481. The molecule has 2 fully saturated rings. The SMILES string of the molecule is Cc1ccc([C@@H](Oc2cc(N3CCC4(CC3)CN[C@H](C(=O)O)C4)nc(C)n2)C(F)(F)F)c(-n2ccc(C)n2)c1. The predicted molar refractivity (Wildman–Crippen MR) is 137 cm³/mol. The van der Waals surface area contributed by atoms with Gasteiger partial charge in [-0.2, -0.15) is 23.3 Å². The second kappa shape index (κ2) is 10.1. The molecule has 2 aromatic heterocycles. The van der Waals surface area contributed by atoms with Gasteiger partial charge < -0.3 is 20.1 Å². The largest absolute Gasteiger partial charge is 0.480 e. The van der Waals surface area contributed by atoms with Crippen LogP contribution >= 0.6 is 0 Å². The van der Waals surface area contributed by atoms with Gasteiger partial charge >= 0.3 is 12.1 Å². The molecule has 0 aliphatic carbocycles. The van der Waals surface area contributed by atoms with E-state index in [2.05, 4.69) is 20.4 Å². The lowest BCUT2D eigenvalue weighted by atomic mass is 9.76. The van der Waals surface area contributed by atoms with Crippen molar-refractivity contribution in [1.82, 2.24) is 25.1 Å². The monoisotopic (exact) mass is 544 g/mol. The minimum atomic E-state index is -4.72. The van der Waals surface area contributed by atoms with Crippen LogP contribution in [-0.2, 0) is 4.79 Å². The van der Waals surface area contributed by atoms with E-state index in [0.29, 0.717) is 43.4 Å². The van der Waals surface area contributed by atoms with Crippen molar-refractivity contribution in [1.29, 1.82) is 0 Å². The fourth-order valence-electron chi connectivity index (χ4n) is 5.48. The van der Waals surface area contributed by atoms with Gasteiger partial charge in [0.1, 0.15) is 17.7 Å². The Morgan fingerprint density at radius 2 is 1.90 bits per heavy atom. The Bertz CT molecular complexity index is 1370. The molecule has 2 aliphatic heterocycles. The van der Waals surface area contributed by atoms with E-state index in [0.717, 1.165) is 18.4 Å². The van der Waals surface area contributed by atoms with E-state index < -0.39 is 24.3 Å². The number of rotatable bonds is 6. The number of piperidine rings is 1. The van der Waals surface area contributed by atoms with Gasteiger partial charge in [-0.15, -0.1) is 0 Å². The third-order valence-corrected chi connectivity index (χ3v) is 7.58. The summed E-state index contributed by atoms with van der Waals surface area (Å²) < 4.78 is 50.4. The van der Waals surface area contributed by atoms with Crippen molar-refractivity contribution in [3.63, 3.8) is 0 Å². The first-order valence-electron chi connectivity index (χ1n) is 12.9. The molecule has 12 heteroatoms. The molecule has 0 bridgehead atoms. The van der Waals surface area contributed by atoms with Crippen LogP contribution in [0.4, 0.5) is 19.0 Å². The van der Waals surface area contributed by atoms with Crippen molar-refractivity contribution in [3.8, 4) is 11.6 Å². The lowest BCUT2D eigenvalue weighted by Crippen LogP contribution is -2.41. The number of carboxylic acids is 1. The highest BCUT2D eigenvalue weighted by Crippen LogP contribution is 2.42. The van der Waals surface area contributed by atoms with Crippen LogP contribution in [-0.4, -0.2) is 62.7 Å². The Labute approximate surface area is 224 Å². The van der Waals surface area contributed by atoms with Crippen LogP contribution in [0.15, 0.2) is 36.5 Å². The lowest BCUT2D eigenvalue weighted by molar-refractivity contribution is -0.198. The Morgan fingerprint density at radius 1 is 1.15 bits per heavy atom. The molecule has 208 valence electrons. The van der Waals surface area contributed by atoms with Crippen LogP contribution in [0.5, 0.6) is 5.88 Å². The van der Waals surface area contributed by atoms with Gasteiger partial charge in [-0.3, -0.25) is 4.79 Å². The number of aliphatic carboxylic acids is 1. The van der Waals surface area contributed by atoms with E-state index in [4.69, 9.17) is 4.74 Å². The predicted octanol–water partition coefficient (Wildman–Crippen LogP) is 4.30. The summed E-state index contributed by atoms with van der Waals surface area (Å²) in [5.41, 5.74) is 1.57. The molecule has 0 amide bonds. The van der Waals surface area contributed by atoms with E-state index in [1.165, 1.54) is 16.8 Å². The molecule has 0 radical (unpaired) electrons. The number of hydrogen-bond acceptors (Lipinski definition) is 7. The summed E-state index contributed by atoms with van der Waals surface area (Å²) >= 11 is 0. The number of hydrogen-bond donors (Lipinski definition) is 2. The molecular formula is C27H31F3N6O3. The van der Waals surface area contributed by atoms with Crippen molar-refractivity contribution < 1.29 is 27.8 Å². The smallest absolute Gasteiger partial charge is 0.429 e. The van der Waals surface area contributed by atoms with Crippen molar-refractivity contribution >= 4 is 11.8 Å². The average molecular weight is 545 g/mol. The number of halogens is 3. The Kier molecular flexibility index (Phi) is 7.00. The zero-order valence-corrected chi connectivity index (χ0v) is 22.0. The van der Waals surface area contributed by atoms with Gasteiger partial charge in [0, 0.05) is 37.5 Å². The number of alkyl halides is 3. The minimum absolute atomic E-state index is 0.0735. The molecular weight excluding hydrogens is 513 g/mol. The first-order chi connectivity index (χ1) is 18.4. The first kappa shape index (κ1) is 26.9. The molecule has 1 aromatic carbocycles. The molecule has 5 rings (SSSR count). The molecule has 39 heavy (non-hydrogen) atoms. The summed E-state index contributed by atoms with van der Waals surface area (Å²) in [6, 6.07) is 7.30. The third-order valence-electron chi connectivity index (χ3n) is 7.58. The second-order valence-electron chi connectivity index (χ2n) is 10.6. The normalized spacial score (nSPS) is 19.8. The van der Waals surface area contributed by atoms with Gasteiger partial charge in [0.25, 0.3) is 0 Å². The highest BCUT2D eigenvalue weighted by molar-refractivity contribution is 5.74. The van der Waals surface area contributed by atoms with Gasteiger partial charge in [-0.25, -0.2) is 9.67 Å². The van der Waals surface area contributed by atoms with Gasteiger partial charge in [-0.05, 0) is 63.1 Å². The third kappa shape index (κ3) is 5.70. The summed E-state index contributed by atoms with van der Waals surface area (Å²) in [5, 5.41) is 16.7. The fourth-order valence-corrected chi connectivity index (χ4v) is 5.48. The Balaban J connectivity index is 1.40. The van der Waals surface area contributed by atoms with Crippen LogP contribution in [0, 0.1) is 26.2 Å². The number of aromatic nitrogens is 4. The molecule has 0 saturated carbocycles. The Morgan fingerprint density at radius 3 is 2.51 bits per heavy atom. The van der Waals surface area contributed by atoms with Gasteiger partial charge in [-0.1, -0.05) is 12.1 Å². The first-order valence-corrected chi connectivity index (χ1v) is 12.9. The molecule has 2 saturated heterocycles. The maximum Gasteiger partial charge on any atom is 0.429 e. The van der Waals surface area contributed by atoms with E-state index in [-0.39, 0.29) is 22.5 Å². The minimum Gasteiger partial charge on any atom is -0.480 e. The number of nitrogens with zero attached hydrogens (tertiary/aromatic N) is 5. The second-order valence-corrected chi connectivity index (χ2v) is 10.6. The topological polar surface area (TPSA) is 105 Å². The molecule has 4 heterocycles. The number of benzene rings is 1. The van der Waals surface area contributed by atoms with E-state index >= 15 is 0 Å². The van der Waals surface area contributed by atoms with Crippen molar-refractivity contribution in [2.45, 2.75) is 58.4 Å². The number of aryl methyl sites for hydroxylation is 3. The summed E-state index contributed by atoms with van der Waals surface area (Å²) in [6.45, 7) is 7.04. The van der Waals surface area contributed by atoms with Crippen LogP contribution in [0.25, 0.3) is 5.69 Å². The van der Waals surface area contributed by atoms with Crippen LogP contribution < -0.4 is 15.0 Å². The van der Waals surface area contributed by atoms with Gasteiger partial charge in [0.2, 0.25) is 12.0 Å². The van der Waals surface area contributed by atoms with Crippen LogP contribution in [0.1, 0.15) is 48.0 Å². The molecule has 2 aliphatic rings. The molecule has 0 unspecified atom stereocenters. The highest BCUT2D eigenvalue weighted by atomic mass is 19.4. The van der Waals surface area contributed by atoms with E-state index in [9.17, 15) is 23.1 Å². The molecule has 2 atom stereocenters.